The summed E-state index contributed by atoms with van der Waals surface area (Å²) < 4.78 is 2.23. The molecule has 148 valence electrons. The highest BCUT2D eigenvalue weighted by Gasteiger charge is 2.20. The van der Waals surface area contributed by atoms with Gasteiger partial charge in [0.25, 0.3) is 0 Å². The average molecular weight is 398 g/mol. The molecule has 0 spiro atoms. The van der Waals surface area contributed by atoms with Crippen molar-refractivity contribution in [1.29, 1.82) is 0 Å². The first-order valence-corrected chi connectivity index (χ1v) is 11.1. The van der Waals surface area contributed by atoms with Gasteiger partial charge < -0.3 is 14.8 Å². The van der Waals surface area contributed by atoms with Crippen LogP contribution in [0.2, 0.25) is 0 Å². The van der Waals surface area contributed by atoms with E-state index in [0.717, 1.165) is 52.8 Å². The van der Waals surface area contributed by atoms with Crippen LogP contribution in [0.1, 0.15) is 38.6 Å². The molecule has 3 aromatic rings. The monoisotopic (exact) mass is 397 g/mol. The van der Waals surface area contributed by atoms with Crippen molar-refractivity contribution in [2.45, 2.75) is 44.9 Å². The second kappa shape index (κ2) is 7.95. The number of hydrogen-bond donors (Lipinski definition) is 1. The Morgan fingerprint density at radius 1 is 1.14 bits per heavy atom. The van der Waals surface area contributed by atoms with E-state index in [2.05, 4.69) is 49.8 Å². The number of hydrogen-bond acceptors (Lipinski definition) is 7. The zero-order chi connectivity index (χ0) is 19.7. The van der Waals surface area contributed by atoms with E-state index >= 15 is 0 Å². The Bertz CT molecular complexity index is 960. The summed E-state index contributed by atoms with van der Waals surface area (Å²) in [6.45, 7) is 8.37. The first kappa shape index (κ1) is 19.0. The molecule has 0 aliphatic carbocycles. The summed E-state index contributed by atoms with van der Waals surface area (Å²) >= 11 is 1.96. The number of anilines is 3. The smallest absolute Gasteiger partial charge is 0.227 e. The molecule has 4 rings (SSSR count). The minimum Gasteiger partial charge on any atom is -0.341 e. The van der Waals surface area contributed by atoms with Gasteiger partial charge in [0.2, 0.25) is 5.95 Å². The van der Waals surface area contributed by atoms with E-state index in [0.29, 0.717) is 6.04 Å². The maximum atomic E-state index is 4.72. The Labute approximate surface area is 170 Å². The van der Waals surface area contributed by atoms with Gasteiger partial charge in [-0.05, 0) is 45.9 Å². The van der Waals surface area contributed by atoms with Gasteiger partial charge in [0.15, 0.2) is 0 Å². The summed E-state index contributed by atoms with van der Waals surface area (Å²) in [5.41, 5.74) is 2.00. The lowest BCUT2D eigenvalue weighted by Crippen LogP contribution is -2.35. The molecule has 4 heterocycles. The predicted molar refractivity (Wildman–Crippen MR) is 117 cm³/mol. The van der Waals surface area contributed by atoms with Crippen molar-refractivity contribution in [3.05, 3.63) is 30.4 Å². The van der Waals surface area contributed by atoms with E-state index in [1.54, 1.807) is 0 Å². The van der Waals surface area contributed by atoms with Crippen molar-refractivity contribution < 1.29 is 0 Å². The van der Waals surface area contributed by atoms with Gasteiger partial charge in [-0.3, -0.25) is 0 Å². The van der Waals surface area contributed by atoms with Gasteiger partial charge in [-0.1, -0.05) is 0 Å². The third kappa shape index (κ3) is 3.78. The number of nitrogens with zero attached hydrogens (tertiary/aromatic N) is 6. The summed E-state index contributed by atoms with van der Waals surface area (Å²) in [5.74, 6) is 3.31. The molecule has 0 radical (unpaired) electrons. The number of aromatic nitrogens is 5. The number of rotatable bonds is 5. The average Bonchev–Trinajstić information content (AvgIpc) is 3.03. The molecule has 3 aromatic heterocycles. The molecule has 1 fully saturated rings. The van der Waals surface area contributed by atoms with Gasteiger partial charge >= 0.3 is 0 Å². The number of nitrogens with one attached hydrogen (secondary N) is 1. The van der Waals surface area contributed by atoms with Crippen LogP contribution in [0, 0.1) is 6.92 Å². The molecule has 28 heavy (non-hydrogen) atoms. The molecule has 1 N–H and O–H groups in total. The molecule has 0 unspecified atom stereocenters. The zero-order valence-electron chi connectivity index (χ0n) is 16.9. The summed E-state index contributed by atoms with van der Waals surface area (Å²) in [6, 6.07) is 4.27. The second-order valence-electron chi connectivity index (χ2n) is 7.47. The Morgan fingerprint density at radius 3 is 2.64 bits per heavy atom. The first-order chi connectivity index (χ1) is 13.5. The molecule has 1 aliphatic rings. The van der Waals surface area contributed by atoms with Crippen LogP contribution >= 0.6 is 11.8 Å². The molecule has 0 atom stereocenters. The van der Waals surface area contributed by atoms with E-state index in [1.165, 1.54) is 12.8 Å². The van der Waals surface area contributed by atoms with E-state index in [9.17, 15) is 0 Å². The Kier molecular flexibility index (Phi) is 5.39. The number of pyridine rings is 1. The van der Waals surface area contributed by atoms with Crippen LogP contribution in [0.15, 0.2) is 24.5 Å². The van der Waals surface area contributed by atoms with Crippen molar-refractivity contribution in [1.82, 2.24) is 24.5 Å². The van der Waals surface area contributed by atoms with Gasteiger partial charge in [0, 0.05) is 36.6 Å². The van der Waals surface area contributed by atoms with Gasteiger partial charge in [0.05, 0.1) is 11.7 Å². The lowest BCUT2D eigenvalue weighted by molar-refractivity contribution is 0.581. The topological polar surface area (TPSA) is 71.8 Å². The van der Waals surface area contributed by atoms with Crippen molar-refractivity contribution in [3.63, 3.8) is 0 Å². The molecule has 7 nitrogen and oxygen atoms in total. The maximum Gasteiger partial charge on any atom is 0.227 e. The van der Waals surface area contributed by atoms with E-state index < -0.39 is 0 Å². The van der Waals surface area contributed by atoms with Crippen LogP contribution in [0.4, 0.5) is 17.6 Å². The molecular weight excluding hydrogens is 370 g/mol. The quantitative estimate of drug-likeness (QED) is 0.692. The van der Waals surface area contributed by atoms with E-state index in [4.69, 9.17) is 4.98 Å². The predicted octanol–water partition coefficient (Wildman–Crippen LogP) is 4.19. The number of imidazole rings is 1. The van der Waals surface area contributed by atoms with Crippen molar-refractivity contribution >= 4 is 40.4 Å². The van der Waals surface area contributed by atoms with Gasteiger partial charge in [0.1, 0.15) is 23.0 Å². The summed E-state index contributed by atoms with van der Waals surface area (Å²) in [7, 11) is 0. The highest BCUT2D eigenvalue weighted by molar-refractivity contribution is 7.99. The van der Waals surface area contributed by atoms with Gasteiger partial charge in [-0.2, -0.15) is 16.7 Å². The Balaban J connectivity index is 1.55. The number of fused-ring (bicyclic) bond motifs is 1. The molecular formula is C20H27N7S. The third-order valence-corrected chi connectivity index (χ3v) is 6.36. The summed E-state index contributed by atoms with van der Waals surface area (Å²) in [5, 5.41) is 4.09. The fourth-order valence-electron chi connectivity index (χ4n) is 3.83. The lowest BCUT2D eigenvalue weighted by Gasteiger charge is -2.31. The normalized spacial score (nSPS) is 15.5. The highest BCUT2D eigenvalue weighted by atomic mass is 32.2. The van der Waals surface area contributed by atoms with E-state index in [1.807, 2.05) is 43.2 Å². The second-order valence-corrected chi connectivity index (χ2v) is 8.61. The van der Waals surface area contributed by atoms with Crippen LogP contribution < -0.4 is 10.2 Å². The maximum absolute atomic E-state index is 4.72. The largest absolute Gasteiger partial charge is 0.341 e. The summed E-state index contributed by atoms with van der Waals surface area (Å²) in [6.07, 6.45) is 8.18. The summed E-state index contributed by atoms with van der Waals surface area (Å²) in [4.78, 5) is 20.6. The number of aryl methyl sites for hydroxylation is 1. The molecule has 0 bridgehead atoms. The molecule has 1 aliphatic heterocycles. The molecule has 1 saturated heterocycles. The van der Waals surface area contributed by atoms with Crippen LogP contribution in [0.25, 0.3) is 11.0 Å². The first-order valence-electron chi connectivity index (χ1n) is 9.77. The number of piperidine rings is 1. The third-order valence-electron chi connectivity index (χ3n) is 5.23. The van der Waals surface area contributed by atoms with Crippen molar-refractivity contribution in [3.8, 4) is 0 Å². The standard InChI is InChI=1S/C20H27N7S/c1-13(2)27-14(3)23-16-12-22-19(11-17(16)27)24-18-5-8-21-20(25-18)26-9-6-15(28-4)7-10-26/h5,8,11-13,15H,6-7,9-10H2,1-4H3,(H,21,22,24,25). The Morgan fingerprint density at radius 2 is 1.93 bits per heavy atom. The minimum absolute atomic E-state index is 0.343. The molecule has 0 saturated carbocycles. The Hall–Kier alpha value is -2.35. The van der Waals surface area contributed by atoms with Crippen LogP contribution in [0.5, 0.6) is 0 Å². The van der Waals surface area contributed by atoms with Crippen LogP contribution in [-0.4, -0.2) is 49.1 Å². The van der Waals surface area contributed by atoms with Crippen molar-refractivity contribution in [2.75, 3.05) is 29.6 Å². The fourth-order valence-corrected chi connectivity index (χ4v) is 4.51. The SMILES string of the molecule is CSC1CCN(c2nccc(Nc3cc4c(cn3)nc(C)n4C(C)C)n2)CC1. The van der Waals surface area contributed by atoms with Crippen molar-refractivity contribution in [2.24, 2.45) is 0 Å². The molecule has 0 amide bonds. The fraction of sp³-hybridized carbons (Fsp3) is 0.500. The van der Waals surface area contributed by atoms with Crippen LogP contribution in [-0.2, 0) is 0 Å². The van der Waals surface area contributed by atoms with E-state index in [-0.39, 0.29) is 0 Å². The molecule has 0 aromatic carbocycles. The number of thioether (sulfide) groups is 1. The lowest BCUT2D eigenvalue weighted by atomic mass is 10.1. The molecule has 8 heteroatoms. The highest BCUT2D eigenvalue weighted by Crippen LogP contribution is 2.26. The van der Waals surface area contributed by atoms with Gasteiger partial charge in [-0.25, -0.2) is 15.0 Å². The minimum atomic E-state index is 0.343. The van der Waals surface area contributed by atoms with Crippen LogP contribution in [0.3, 0.4) is 0 Å². The zero-order valence-corrected chi connectivity index (χ0v) is 17.7. The van der Waals surface area contributed by atoms with Gasteiger partial charge in [-0.15, -0.1) is 0 Å².